The van der Waals surface area contributed by atoms with Gasteiger partial charge in [0.15, 0.2) is 11.5 Å². The van der Waals surface area contributed by atoms with Crippen LogP contribution in [0.25, 0.3) is 0 Å². The van der Waals surface area contributed by atoms with Crippen LogP contribution in [0, 0.1) is 0 Å². The van der Waals surface area contributed by atoms with Crippen molar-refractivity contribution in [2.24, 2.45) is 5.73 Å². The second-order valence-corrected chi connectivity index (χ2v) is 5.97. The van der Waals surface area contributed by atoms with Crippen LogP contribution in [0.4, 0.5) is 0 Å². The van der Waals surface area contributed by atoms with E-state index in [1.807, 2.05) is 6.07 Å². The molecule has 2 rings (SSSR count). The van der Waals surface area contributed by atoms with Crippen LogP contribution >= 0.6 is 11.3 Å². The Morgan fingerprint density at radius 3 is 2.71 bits per heavy atom. The second kappa shape index (κ2) is 8.05. The number of rotatable bonds is 8. The van der Waals surface area contributed by atoms with E-state index in [-0.39, 0.29) is 0 Å². The molecule has 0 aliphatic rings. The maximum Gasteiger partial charge on any atom is 0.161 e. The number of nitrogens with two attached hydrogens (primary N) is 1. The van der Waals surface area contributed by atoms with Crippen LogP contribution < -0.4 is 15.2 Å². The van der Waals surface area contributed by atoms with E-state index in [0.717, 1.165) is 24.3 Å². The number of methoxy groups -OCH3 is 1. The Morgan fingerprint density at radius 2 is 2.10 bits per heavy atom. The SMILES string of the molecule is CCCOc1cc(CC(CN)c2cccs2)ccc1OC. The van der Waals surface area contributed by atoms with Crippen molar-refractivity contribution in [3.05, 3.63) is 46.2 Å². The predicted octanol–water partition coefficient (Wildman–Crippen LogP) is 3.83. The van der Waals surface area contributed by atoms with E-state index in [4.69, 9.17) is 15.2 Å². The molecular weight excluding hydrogens is 282 g/mol. The Bertz CT molecular complexity index is 540. The Labute approximate surface area is 130 Å². The number of hydrogen-bond donors (Lipinski definition) is 1. The molecule has 4 heteroatoms. The van der Waals surface area contributed by atoms with Crippen LogP contribution in [0.3, 0.4) is 0 Å². The van der Waals surface area contributed by atoms with E-state index in [1.54, 1.807) is 18.4 Å². The van der Waals surface area contributed by atoms with Crippen LogP contribution in [0.5, 0.6) is 11.5 Å². The van der Waals surface area contributed by atoms with Gasteiger partial charge < -0.3 is 15.2 Å². The molecule has 0 amide bonds. The third-order valence-corrected chi connectivity index (χ3v) is 4.44. The molecule has 0 aliphatic heterocycles. The van der Waals surface area contributed by atoms with Gasteiger partial charge >= 0.3 is 0 Å². The lowest BCUT2D eigenvalue weighted by Crippen LogP contribution is -2.14. The summed E-state index contributed by atoms with van der Waals surface area (Å²) in [4.78, 5) is 1.34. The molecule has 21 heavy (non-hydrogen) atoms. The summed E-state index contributed by atoms with van der Waals surface area (Å²) in [7, 11) is 1.67. The molecule has 0 fully saturated rings. The van der Waals surface area contributed by atoms with Crippen LogP contribution in [0.15, 0.2) is 35.7 Å². The Kier molecular flexibility index (Phi) is 6.08. The number of thiophene rings is 1. The molecule has 0 aliphatic carbocycles. The summed E-state index contributed by atoms with van der Waals surface area (Å²) in [6.45, 7) is 3.44. The standard InChI is InChI=1S/C17H23NO2S/c1-3-8-20-16-11-13(6-7-15(16)19-2)10-14(12-18)17-5-4-9-21-17/h4-7,9,11,14H,3,8,10,12,18H2,1-2H3. The van der Waals surface area contributed by atoms with Crippen molar-refractivity contribution in [2.75, 3.05) is 20.3 Å². The van der Waals surface area contributed by atoms with E-state index in [2.05, 4.69) is 36.6 Å². The summed E-state index contributed by atoms with van der Waals surface area (Å²) in [5, 5.41) is 2.10. The molecule has 0 saturated carbocycles. The molecule has 1 unspecified atom stereocenters. The zero-order valence-electron chi connectivity index (χ0n) is 12.7. The fourth-order valence-corrected chi connectivity index (χ4v) is 3.12. The maximum atomic E-state index is 5.94. The molecule has 1 atom stereocenters. The van der Waals surface area contributed by atoms with Crippen molar-refractivity contribution in [1.82, 2.24) is 0 Å². The van der Waals surface area contributed by atoms with Gasteiger partial charge in [-0.25, -0.2) is 0 Å². The third-order valence-electron chi connectivity index (χ3n) is 3.40. The molecule has 0 spiro atoms. The van der Waals surface area contributed by atoms with Gasteiger partial charge in [-0.05, 0) is 42.0 Å². The smallest absolute Gasteiger partial charge is 0.161 e. The van der Waals surface area contributed by atoms with E-state index in [0.29, 0.717) is 19.1 Å². The number of hydrogen-bond acceptors (Lipinski definition) is 4. The second-order valence-electron chi connectivity index (χ2n) is 4.99. The number of ether oxygens (including phenoxy) is 2. The lowest BCUT2D eigenvalue weighted by molar-refractivity contribution is 0.294. The molecule has 1 heterocycles. The first-order chi connectivity index (χ1) is 10.3. The Morgan fingerprint density at radius 1 is 1.24 bits per heavy atom. The molecule has 3 nitrogen and oxygen atoms in total. The summed E-state index contributed by atoms with van der Waals surface area (Å²) < 4.78 is 11.1. The Balaban J connectivity index is 2.15. The van der Waals surface area contributed by atoms with Gasteiger partial charge in [-0.3, -0.25) is 0 Å². The van der Waals surface area contributed by atoms with Gasteiger partial charge in [-0.1, -0.05) is 19.1 Å². The molecule has 1 aromatic carbocycles. The minimum Gasteiger partial charge on any atom is -0.493 e. The molecule has 2 aromatic rings. The fraction of sp³-hybridized carbons (Fsp3) is 0.412. The molecule has 1 aromatic heterocycles. The average Bonchev–Trinajstić information content (AvgIpc) is 3.04. The molecule has 114 valence electrons. The van der Waals surface area contributed by atoms with E-state index in [9.17, 15) is 0 Å². The first-order valence-electron chi connectivity index (χ1n) is 7.31. The molecule has 2 N–H and O–H groups in total. The largest absolute Gasteiger partial charge is 0.493 e. The topological polar surface area (TPSA) is 44.5 Å². The van der Waals surface area contributed by atoms with Crippen molar-refractivity contribution in [3.63, 3.8) is 0 Å². The highest BCUT2D eigenvalue weighted by Gasteiger charge is 2.13. The van der Waals surface area contributed by atoms with Crippen molar-refractivity contribution in [3.8, 4) is 11.5 Å². The van der Waals surface area contributed by atoms with Crippen molar-refractivity contribution in [1.29, 1.82) is 0 Å². The van der Waals surface area contributed by atoms with Gasteiger partial charge in [0.1, 0.15) is 0 Å². The Hall–Kier alpha value is -1.52. The van der Waals surface area contributed by atoms with Gasteiger partial charge in [-0.2, -0.15) is 0 Å². The minimum atomic E-state index is 0.359. The van der Waals surface area contributed by atoms with Gasteiger partial charge in [0.25, 0.3) is 0 Å². The van der Waals surface area contributed by atoms with Crippen molar-refractivity contribution in [2.45, 2.75) is 25.7 Å². The zero-order valence-corrected chi connectivity index (χ0v) is 13.5. The van der Waals surface area contributed by atoms with Crippen LogP contribution in [-0.4, -0.2) is 20.3 Å². The van der Waals surface area contributed by atoms with Crippen LogP contribution in [-0.2, 0) is 6.42 Å². The van der Waals surface area contributed by atoms with Gasteiger partial charge in [0.2, 0.25) is 0 Å². The quantitative estimate of drug-likeness (QED) is 0.806. The minimum absolute atomic E-state index is 0.359. The monoisotopic (exact) mass is 305 g/mol. The molecule has 0 saturated heterocycles. The molecule has 0 bridgehead atoms. The van der Waals surface area contributed by atoms with Gasteiger partial charge in [-0.15, -0.1) is 11.3 Å². The van der Waals surface area contributed by atoms with Crippen molar-refractivity contribution >= 4 is 11.3 Å². The first-order valence-corrected chi connectivity index (χ1v) is 8.19. The zero-order chi connectivity index (χ0) is 15.1. The lowest BCUT2D eigenvalue weighted by Gasteiger charge is -2.15. The highest BCUT2D eigenvalue weighted by molar-refractivity contribution is 7.10. The van der Waals surface area contributed by atoms with E-state index in [1.165, 1.54) is 10.4 Å². The average molecular weight is 305 g/mol. The summed E-state index contributed by atoms with van der Waals surface area (Å²) in [6.07, 6.45) is 1.90. The van der Waals surface area contributed by atoms with Crippen molar-refractivity contribution < 1.29 is 9.47 Å². The van der Waals surface area contributed by atoms with Gasteiger partial charge in [0.05, 0.1) is 13.7 Å². The molecule has 0 radical (unpaired) electrons. The van der Waals surface area contributed by atoms with Crippen LogP contribution in [0.2, 0.25) is 0 Å². The summed E-state index contributed by atoms with van der Waals surface area (Å²) in [6, 6.07) is 10.4. The number of benzene rings is 1. The fourth-order valence-electron chi connectivity index (χ4n) is 2.28. The van der Waals surface area contributed by atoms with E-state index < -0.39 is 0 Å². The predicted molar refractivity (Wildman–Crippen MR) is 88.6 cm³/mol. The molecular formula is C17H23NO2S. The van der Waals surface area contributed by atoms with Gasteiger partial charge in [0, 0.05) is 17.3 Å². The highest BCUT2D eigenvalue weighted by Crippen LogP contribution is 2.31. The maximum absolute atomic E-state index is 5.94. The first kappa shape index (κ1) is 15.9. The highest BCUT2D eigenvalue weighted by atomic mass is 32.1. The summed E-state index contributed by atoms with van der Waals surface area (Å²) in [5.74, 6) is 1.96. The summed E-state index contributed by atoms with van der Waals surface area (Å²) >= 11 is 1.76. The van der Waals surface area contributed by atoms with Crippen LogP contribution in [0.1, 0.15) is 29.7 Å². The van der Waals surface area contributed by atoms with E-state index >= 15 is 0 Å². The summed E-state index contributed by atoms with van der Waals surface area (Å²) in [5.41, 5.74) is 7.16. The third kappa shape index (κ3) is 4.22. The normalized spacial score (nSPS) is 12.1. The lowest BCUT2D eigenvalue weighted by atomic mass is 9.97.